The van der Waals surface area contributed by atoms with Gasteiger partial charge in [0.05, 0.1) is 5.69 Å². The number of anilines is 1. The van der Waals surface area contributed by atoms with E-state index in [2.05, 4.69) is 15.9 Å². The Balaban J connectivity index is 1.84. The summed E-state index contributed by atoms with van der Waals surface area (Å²) in [6.45, 7) is 2.02. The first-order valence-corrected chi connectivity index (χ1v) is 7.19. The Morgan fingerprint density at radius 3 is 2.95 bits per heavy atom. The second-order valence-corrected chi connectivity index (χ2v) is 5.86. The van der Waals surface area contributed by atoms with Crippen molar-refractivity contribution in [3.63, 3.8) is 0 Å². The van der Waals surface area contributed by atoms with Gasteiger partial charge in [-0.2, -0.15) is 0 Å². The number of nitrogens with two attached hydrogens (primary N) is 1. The molecule has 0 bridgehead atoms. The summed E-state index contributed by atoms with van der Waals surface area (Å²) in [6, 6.07) is 7.88. The lowest BCUT2D eigenvalue weighted by Gasteiger charge is -2.11. The number of fused-ring (bicyclic) bond motifs is 3. The molecule has 2 aromatic heterocycles. The molecule has 5 heteroatoms. The second-order valence-electron chi connectivity index (χ2n) is 4.80. The van der Waals surface area contributed by atoms with Crippen molar-refractivity contribution >= 4 is 22.0 Å². The summed E-state index contributed by atoms with van der Waals surface area (Å²) in [7, 11) is 0. The molecule has 1 aliphatic heterocycles. The fourth-order valence-corrected chi connectivity index (χ4v) is 3.65. The van der Waals surface area contributed by atoms with Crippen molar-refractivity contribution in [2.45, 2.75) is 13.0 Å². The number of nitrogens with one attached hydrogen (secondary N) is 1. The molecular formula is C14H14N4S. The van der Waals surface area contributed by atoms with Crippen molar-refractivity contribution in [2.24, 2.45) is 0 Å². The number of nitrogen functional groups attached to an aromatic ring is 1. The van der Waals surface area contributed by atoms with Crippen LogP contribution in [-0.4, -0.2) is 15.9 Å². The number of imidazole rings is 1. The number of hydrogen-bond acceptors (Lipinski definition) is 4. The third-order valence-corrected chi connectivity index (χ3v) is 4.63. The van der Waals surface area contributed by atoms with Crippen LogP contribution in [0.4, 0.5) is 5.69 Å². The van der Waals surface area contributed by atoms with Crippen molar-refractivity contribution < 1.29 is 0 Å². The van der Waals surface area contributed by atoms with Gasteiger partial charge in [-0.05, 0) is 12.1 Å². The van der Waals surface area contributed by atoms with E-state index in [0.717, 1.165) is 41.4 Å². The van der Waals surface area contributed by atoms with Gasteiger partial charge in [-0.25, -0.2) is 4.98 Å². The Bertz CT molecular complexity index is 739. The molecule has 0 aliphatic carbocycles. The smallest absolute Gasteiger partial charge is 0.194 e. The largest absolute Gasteiger partial charge is 0.399 e. The molecule has 3 N–H and O–H groups in total. The van der Waals surface area contributed by atoms with Crippen LogP contribution in [0.2, 0.25) is 0 Å². The molecule has 1 aliphatic rings. The number of nitrogens with zero attached hydrogens (tertiary/aromatic N) is 2. The van der Waals surface area contributed by atoms with Gasteiger partial charge in [0.1, 0.15) is 0 Å². The van der Waals surface area contributed by atoms with Gasteiger partial charge in [0.15, 0.2) is 4.96 Å². The fraction of sp³-hybridized carbons (Fsp3) is 0.214. The summed E-state index contributed by atoms with van der Waals surface area (Å²) in [5.74, 6) is 0. The van der Waals surface area contributed by atoms with Crippen molar-refractivity contribution in [2.75, 3.05) is 12.3 Å². The molecule has 19 heavy (non-hydrogen) atoms. The standard InChI is InChI=1S/C14H14N4S/c15-10-3-1-9(2-4-10)11-8-18-12-5-6-16-7-13(12)19-14(18)17-11/h1-4,8,16H,5-7,15H2. The quantitative estimate of drug-likeness (QED) is 0.667. The van der Waals surface area contributed by atoms with Crippen LogP contribution in [0.3, 0.4) is 0 Å². The number of aromatic nitrogens is 2. The minimum atomic E-state index is 0.785. The van der Waals surface area contributed by atoms with Gasteiger partial charge >= 0.3 is 0 Å². The Labute approximate surface area is 114 Å². The number of hydrogen-bond donors (Lipinski definition) is 2. The van der Waals surface area contributed by atoms with E-state index in [1.807, 2.05) is 24.3 Å². The zero-order chi connectivity index (χ0) is 12.8. The topological polar surface area (TPSA) is 55.4 Å². The van der Waals surface area contributed by atoms with Crippen LogP contribution >= 0.6 is 11.3 Å². The molecule has 0 atom stereocenters. The zero-order valence-electron chi connectivity index (χ0n) is 10.4. The predicted molar refractivity (Wildman–Crippen MR) is 78.3 cm³/mol. The first-order chi connectivity index (χ1) is 9.31. The van der Waals surface area contributed by atoms with Crippen LogP contribution in [-0.2, 0) is 13.0 Å². The summed E-state index contributed by atoms with van der Waals surface area (Å²) in [5, 5.41) is 3.40. The van der Waals surface area contributed by atoms with Gasteiger partial charge in [0.25, 0.3) is 0 Å². The van der Waals surface area contributed by atoms with E-state index in [4.69, 9.17) is 10.7 Å². The van der Waals surface area contributed by atoms with Gasteiger partial charge in [-0.1, -0.05) is 23.5 Å². The zero-order valence-corrected chi connectivity index (χ0v) is 11.2. The number of rotatable bonds is 1. The summed E-state index contributed by atoms with van der Waals surface area (Å²) >= 11 is 1.78. The molecule has 0 radical (unpaired) electrons. The van der Waals surface area contributed by atoms with Gasteiger partial charge in [-0.3, -0.25) is 4.40 Å². The van der Waals surface area contributed by atoms with Crippen LogP contribution in [0.1, 0.15) is 10.6 Å². The van der Waals surface area contributed by atoms with Crippen LogP contribution in [0, 0.1) is 0 Å². The maximum absolute atomic E-state index is 5.72. The Morgan fingerprint density at radius 2 is 2.11 bits per heavy atom. The molecule has 3 aromatic rings. The van der Waals surface area contributed by atoms with Crippen molar-refractivity contribution in [1.29, 1.82) is 0 Å². The average Bonchev–Trinajstić information content (AvgIpc) is 2.97. The first-order valence-electron chi connectivity index (χ1n) is 6.37. The normalized spacial score (nSPS) is 14.7. The first kappa shape index (κ1) is 11.0. The number of thiazole rings is 1. The lowest BCUT2D eigenvalue weighted by molar-refractivity contribution is 0.638. The van der Waals surface area contributed by atoms with Gasteiger partial charge in [0, 0.05) is 47.5 Å². The maximum Gasteiger partial charge on any atom is 0.194 e. The van der Waals surface area contributed by atoms with E-state index in [1.165, 1.54) is 10.6 Å². The molecule has 3 heterocycles. The molecule has 0 amide bonds. The highest BCUT2D eigenvalue weighted by Gasteiger charge is 2.17. The van der Waals surface area contributed by atoms with E-state index in [1.54, 1.807) is 11.3 Å². The van der Waals surface area contributed by atoms with Gasteiger partial charge in [0.2, 0.25) is 0 Å². The van der Waals surface area contributed by atoms with E-state index in [-0.39, 0.29) is 0 Å². The molecular weight excluding hydrogens is 256 g/mol. The van der Waals surface area contributed by atoms with E-state index in [0.29, 0.717) is 0 Å². The van der Waals surface area contributed by atoms with Crippen molar-refractivity contribution in [1.82, 2.24) is 14.7 Å². The second kappa shape index (κ2) is 4.08. The Hall–Kier alpha value is -1.85. The highest BCUT2D eigenvalue weighted by atomic mass is 32.1. The molecule has 0 fully saturated rings. The third-order valence-electron chi connectivity index (χ3n) is 3.53. The average molecular weight is 270 g/mol. The molecule has 96 valence electrons. The summed E-state index contributed by atoms with van der Waals surface area (Å²) in [5.41, 5.74) is 10.1. The lowest BCUT2D eigenvalue weighted by atomic mass is 10.1. The minimum absolute atomic E-state index is 0.785. The Kier molecular flexibility index (Phi) is 2.36. The van der Waals surface area contributed by atoms with Crippen LogP contribution in [0.15, 0.2) is 30.5 Å². The summed E-state index contributed by atoms with van der Waals surface area (Å²) in [4.78, 5) is 7.23. The molecule has 4 rings (SSSR count). The van der Waals surface area contributed by atoms with E-state index in [9.17, 15) is 0 Å². The third kappa shape index (κ3) is 1.74. The van der Waals surface area contributed by atoms with Crippen molar-refractivity contribution in [3.8, 4) is 11.3 Å². The van der Waals surface area contributed by atoms with Gasteiger partial charge < -0.3 is 11.1 Å². The predicted octanol–water partition coefficient (Wildman–Crippen LogP) is 2.29. The lowest BCUT2D eigenvalue weighted by Crippen LogP contribution is -2.23. The van der Waals surface area contributed by atoms with E-state index >= 15 is 0 Å². The number of benzene rings is 1. The SMILES string of the molecule is Nc1ccc(-c2cn3c4c(sc3n2)CNCC4)cc1. The van der Waals surface area contributed by atoms with Crippen LogP contribution in [0.25, 0.3) is 16.2 Å². The highest BCUT2D eigenvalue weighted by Crippen LogP contribution is 2.29. The molecule has 4 nitrogen and oxygen atoms in total. The minimum Gasteiger partial charge on any atom is -0.399 e. The maximum atomic E-state index is 5.72. The highest BCUT2D eigenvalue weighted by molar-refractivity contribution is 7.17. The Morgan fingerprint density at radius 1 is 1.26 bits per heavy atom. The molecule has 0 unspecified atom stereocenters. The summed E-state index contributed by atoms with van der Waals surface area (Å²) in [6.07, 6.45) is 3.22. The monoisotopic (exact) mass is 270 g/mol. The molecule has 0 spiro atoms. The molecule has 0 saturated heterocycles. The van der Waals surface area contributed by atoms with Crippen LogP contribution in [0.5, 0.6) is 0 Å². The fourth-order valence-electron chi connectivity index (χ4n) is 2.53. The molecule has 1 aromatic carbocycles. The van der Waals surface area contributed by atoms with Crippen LogP contribution < -0.4 is 11.1 Å². The summed E-state index contributed by atoms with van der Waals surface area (Å²) < 4.78 is 2.24. The van der Waals surface area contributed by atoms with Gasteiger partial charge in [-0.15, -0.1) is 0 Å². The van der Waals surface area contributed by atoms with Crippen molar-refractivity contribution in [3.05, 3.63) is 41.0 Å². The molecule has 0 saturated carbocycles. The van der Waals surface area contributed by atoms with E-state index < -0.39 is 0 Å².